The first-order chi connectivity index (χ1) is 11.8. The van der Waals surface area contributed by atoms with Crippen molar-refractivity contribution in [3.8, 4) is 11.5 Å². The Labute approximate surface area is 154 Å². The SMILES string of the molecule is CCCOCCCCCCCCCCC#C[Si](C)(C)CCC(F)(F)F. The Hall–Kier alpha value is -0.473. The van der Waals surface area contributed by atoms with Gasteiger partial charge in [-0.05, 0) is 25.3 Å². The van der Waals surface area contributed by atoms with E-state index in [1.54, 1.807) is 0 Å². The molecular weight excluding hydrogens is 341 g/mol. The Morgan fingerprint density at radius 2 is 1.40 bits per heavy atom. The zero-order chi connectivity index (χ0) is 19.0. The summed E-state index contributed by atoms with van der Waals surface area (Å²) in [7, 11) is -2.01. The molecule has 0 unspecified atom stereocenters. The van der Waals surface area contributed by atoms with Gasteiger partial charge in [-0.25, -0.2) is 0 Å². The van der Waals surface area contributed by atoms with E-state index in [9.17, 15) is 13.2 Å². The Morgan fingerprint density at radius 3 is 1.96 bits per heavy atom. The first kappa shape index (κ1) is 24.5. The molecule has 0 radical (unpaired) electrons. The second-order valence-electron chi connectivity index (χ2n) is 7.49. The van der Waals surface area contributed by atoms with Crippen LogP contribution in [0.2, 0.25) is 19.1 Å². The highest BCUT2D eigenvalue weighted by molar-refractivity contribution is 6.85. The lowest BCUT2D eigenvalue weighted by atomic mass is 10.1. The summed E-state index contributed by atoms with van der Waals surface area (Å²) in [4.78, 5) is 0. The number of alkyl halides is 3. The number of hydrogen-bond acceptors (Lipinski definition) is 1. The van der Waals surface area contributed by atoms with Crippen LogP contribution >= 0.6 is 0 Å². The quantitative estimate of drug-likeness (QED) is 0.177. The molecule has 0 amide bonds. The van der Waals surface area contributed by atoms with Crippen molar-refractivity contribution in [1.29, 1.82) is 0 Å². The summed E-state index contributed by atoms with van der Waals surface area (Å²) < 4.78 is 42.2. The largest absolute Gasteiger partial charge is 0.388 e. The van der Waals surface area contributed by atoms with Crippen LogP contribution in [-0.2, 0) is 4.74 Å². The molecule has 0 aromatic rings. The summed E-state index contributed by atoms with van der Waals surface area (Å²) in [5.74, 6) is 3.13. The van der Waals surface area contributed by atoms with Crippen molar-refractivity contribution in [3.63, 3.8) is 0 Å². The van der Waals surface area contributed by atoms with Gasteiger partial charge in [-0.3, -0.25) is 0 Å². The highest BCUT2D eigenvalue weighted by atomic mass is 28.3. The van der Waals surface area contributed by atoms with E-state index in [1.165, 1.54) is 44.9 Å². The summed E-state index contributed by atoms with van der Waals surface area (Å²) in [6.45, 7) is 7.76. The van der Waals surface area contributed by atoms with Gasteiger partial charge in [-0.2, -0.15) is 13.2 Å². The predicted octanol–water partition coefficient (Wildman–Crippen LogP) is 7.13. The van der Waals surface area contributed by atoms with Crippen LogP contribution in [0.1, 0.15) is 77.6 Å². The van der Waals surface area contributed by atoms with Crippen molar-refractivity contribution < 1.29 is 17.9 Å². The third-order valence-corrected chi connectivity index (χ3v) is 6.50. The third kappa shape index (κ3) is 19.7. The molecule has 0 fully saturated rings. The van der Waals surface area contributed by atoms with Gasteiger partial charge in [0.15, 0.2) is 0 Å². The molecule has 0 bridgehead atoms. The van der Waals surface area contributed by atoms with Crippen molar-refractivity contribution in [2.75, 3.05) is 13.2 Å². The highest BCUT2D eigenvalue weighted by Crippen LogP contribution is 2.25. The van der Waals surface area contributed by atoms with Crippen LogP contribution < -0.4 is 0 Å². The van der Waals surface area contributed by atoms with E-state index in [-0.39, 0.29) is 6.04 Å². The smallest absolute Gasteiger partial charge is 0.381 e. The van der Waals surface area contributed by atoms with E-state index in [0.717, 1.165) is 32.5 Å². The van der Waals surface area contributed by atoms with Crippen molar-refractivity contribution in [2.45, 2.75) is 103 Å². The molecular formula is C20H37F3OSi. The van der Waals surface area contributed by atoms with Gasteiger partial charge >= 0.3 is 6.18 Å². The second-order valence-corrected chi connectivity index (χ2v) is 12.0. The molecule has 0 aromatic carbocycles. The molecule has 1 nitrogen and oxygen atoms in total. The highest BCUT2D eigenvalue weighted by Gasteiger charge is 2.31. The van der Waals surface area contributed by atoms with E-state index >= 15 is 0 Å². The number of hydrogen-bond donors (Lipinski definition) is 0. The number of rotatable bonds is 14. The summed E-state index contributed by atoms with van der Waals surface area (Å²) in [6, 6.07) is 0.215. The molecule has 0 heterocycles. The van der Waals surface area contributed by atoms with Gasteiger partial charge in [0, 0.05) is 26.1 Å². The van der Waals surface area contributed by atoms with Gasteiger partial charge in [-0.15, -0.1) is 11.5 Å². The van der Waals surface area contributed by atoms with Crippen LogP contribution in [0.3, 0.4) is 0 Å². The molecule has 148 valence electrons. The summed E-state index contributed by atoms with van der Waals surface area (Å²) in [5.41, 5.74) is 3.15. The van der Waals surface area contributed by atoms with Crippen LogP contribution in [-0.4, -0.2) is 27.5 Å². The first-order valence-corrected chi connectivity index (χ1v) is 13.1. The Kier molecular flexibility index (Phi) is 14.4. The van der Waals surface area contributed by atoms with Crippen LogP contribution in [0.25, 0.3) is 0 Å². The topological polar surface area (TPSA) is 9.23 Å². The maximum absolute atomic E-state index is 12.3. The van der Waals surface area contributed by atoms with E-state index < -0.39 is 20.7 Å². The Morgan fingerprint density at radius 1 is 0.840 bits per heavy atom. The normalized spacial score (nSPS) is 12.1. The van der Waals surface area contributed by atoms with Gasteiger partial charge in [0.05, 0.1) is 0 Å². The molecule has 0 aromatic heterocycles. The monoisotopic (exact) mass is 378 g/mol. The van der Waals surface area contributed by atoms with E-state index in [4.69, 9.17) is 4.74 Å². The van der Waals surface area contributed by atoms with Crippen molar-refractivity contribution in [1.82, 2.24) is 0 Å². The second kappa shape index (κ2) is 14.7. The minimum atomic E-state index is -4.05. The van der Waals surface area contributed by atoms with Crippen molar-refractivity contribution >= 4 is 8.07 Å². The molecule has 0 saturated carbocycles. The number of ether oxygens (including phenoxy) is 1. The molecule has 0 rings (SSSR count). The standard InChI is InChI=1S/C20H37F3OSi/c1-4-16-24-17-13-11-9-7-5-6-8-10-12-14-18-25(2,3)19-15-20(21,22)23/h4-13,15-17,19H2,1-3H3. The Bertz CT molecular complexity index is 369. The lowest BCUT2D eigenvalue weighted by Gasteiger charge is -2.15. The van der Waals surface area contributed by atoms with Crippen molar-refractivity contribution in [2.24, 2.45) is 0 Å². The fraction of sp³-hybridized carbons (Fsp3) is 0.900. The van der Waals surface area contributed by atoms with E-state index in [0.29, 0.717) is 0 Å². The zero-order valence-corrected chi connectivity index (χ0v) is 17.4. The summed E-state index contributed by atoms with van der Waals surface area (Å²) >= 11 is 0. The van der Waals surface area contributed by atoms with Gasteiger partial charge in [0.1, 0.15) is 8.07 Å². The molecule has 0 spiro atoms. The van der Waals surface area contributed by atoms with Gasteiger partial charge in [0.25, 0.3) is 0 Å². The lowest BCUT2D eigenvalue weighted by molar-refractivity contribution is -0.130. The van der Waals surface area contributed by atoms with Crippen molar-refractivity contribution in [3.05, 3.63) is 0 Å². The molecule has 5 heteroatoms. The fourth-order valence-electron chi connectivity index (χ4n) is 2.54. The van der Waals surface area contributed by atoms with Gasteiger partial charge in [0.2, 0.25) is 0 Å². The van der Waals surface area contributed by atoms with Gasteiger partial charge < -0.3 is 4.74 Å². The van der Waals surface area contributed by atoms with Crippen LogP contribution in [0, 0.1) is 11.5 Å². The minimum Gasteiger partial charge on any atom is -0.381 e. The predicted molar refractivity (Wildman–Crippen MR) is 103 cm³/mol. The van der Waals surface area contributed by atoms with Crippen LogP contribution in [0.5, 0.6) is 0 Å². The van der Waals surface area contributed by atoms with Gasteiger partial charge in [-0.1, -0.05) is 58.5 Å². The third-order valence-electron chi connectivity index (χ3n) is 4.15. The summed E-state index contributed by atoms with van der Waals surface area (Å²) in [5, 5.41) is 0. The molecule has 0 N–H and O–H groups in total. The lowest BCUT2D eigenvalue weighted by Crippen LogP contribution is -2.26. The molecule has 25 heavy (non-hydrogen) atoms. The maximum atomic E-state index is 12.3. The molecule has 0 aliphatic heterocycles. The molecule has 0 aliphatic rings. The Balaban J connectivity index is 3.46. The number of unbranched alkanes of at least 4 members (excludes halogenated alkanes) is 8. The average Bonchev–Trinajstić information content (AvgIpc) is 2.53. The molecule has 0 aliphatic carbocycles. The molecule has 0 saturated heterocycles. The van der Waals surface area contributed by atoms with E-state index in [2.05, 4.69) is 18.4 Å². The minimum absolute atomic E-state index is 0.215. The fourth-order valence-corrected chi connectivity index (χ4v) is 4.18. The average molecular weight is 379 g/mol. The van der Waals surface area contributed by atoms with E-state index in [1.807, 2.05) is 13.1 Å². The maximum Gasteiger partial charge on any atom is 0.388 e. The first-order valence-electron chi connectivity index (χ1n) is 9.91. The van der Waals surface area contributed by atoms with Crippen LogP contribution in [0.4, 0.5) is 13.2 Å². The summed E-state index contributed by atoms with van der Waals surface area (Å²) in [6.07, 6.45) is 6.95. The number of halogens is 3. The zero-order valence-electron chi connectivity index (χ0n) is 16.4. The molecule has 0 atom stereocenters. The van der Waals surface area contributed by atoms with Crippen LogP contribution in [0.15, 0.2) is 0 Å².